The summed E-state index contributed by atoms with van der Waals surface area (Å²) in [6, 6.07) is 12.5. The predicted octanol–water partition coefficient (Wildman–Crippen LogP) is 2.38. The van der Waals surface area contributed by atoms with E-state index in [1.807, 2.05) is 0 Å². The summed E-state index contributed by atoms with van der Waals surface area (Å²) in [6.07, 6.45) is 0. The molecule has 0 bridgehead atoms. The molecule has 2 aromatic rings. The van der Waals surface area contributed by atoms with E-state index in [0.717, 1.165) is 4.90 Å². The first-order valence-electron chi connectivity index (χ1n) is 10.1. The summed E-state index contributed by atoms with van der Waals surface area (Å²) >= 11 is 6.17. The van der Waals surface area contributed by atoms with Crippen LogP contribution in [0.2, 0.25) is 0 Å². The lowest BCUT2D eigenvalue weighted by atomic mass is 10.1. The molecule has 0 atom stereocenters. The number of morpholine rings is 1. The number of benzene rings is 2. The summed E-state index contributed by atoms with van der Waals surface area (Å²) in [7, 11) is 1.24. The van der Waals surface area contributed by atoms with Crippen molar-refractivity contribution in [3.63, 3.8) is 0 Å². The van der Waals surface area contributed by atoms with Crippen molar-refractivity contribution in [2.45, 2.75) is 0 Å². The van der Waals surface area contributed by atoms with E-state index < -0.39 is 17.8 Å². The number of hydrogen-bond donors (Lipinski definition) is 1. The number of esters is 1. The summed E-state index contributed by atoms with van der Waals surface area (Å²) in [6.45, 7) is 2.08. The molecule has 0 aliphatic carbocycles. The number of rotatable bonds is 5. The number of ether oxygens (including phenoxy) is 2. The van der Waals surface area contributed by atoms with Gasteiger partial charge in [0.2, 0.25) is 0 Å². The van der Waals surface area contributed by atoms with Gasteiger partial charge in [0.05, 0.1) is 31.6 Å². The fourth-order valence-corrected chi connectivity index (χ4v) is 3.74. The average Bonchev–Trinajstić information content (AvgIpc) is 3.07. The Morgan fingerprint density at radius 2 is 1.70 bits per heavy atom. The molecule has 33 heavy (non-hydrogen) atoms. The molecule has 4 rings (SSSR count). The van der Waals surface area contributed by atoms with Crippen LogP contribution in [0.1, 0.15) is 20.7 Å². The number of imide groups is 1. The molecule has 0 spiro atoms. The van der Waals surface area contributed by atoms with Crippen molar-refractivity contribution < 1.29 is 28.7 Å². The van der Waals surface area contributed by atoms with Gasteiger partial charge in [-0.25, -0.2) is 9.69 Å². The van der Waals surface area contributed by atoms with Crippen molar-refractivity contribution in [1.29, 1.82) is 0 Å². The summed E-state index contributed by atoms with van der Waals surface area (Å²) < 4.78 is 9.95. The minimum absolute atomic E-state index is 0.0996. The Bertz CT molecular complexity index is 1160. The Hall–Kier alpha value is -3.69. The molecule has 2 aliphatic rings. The first-order valence-corrected chi connectivity index (χ1v) is 10.5. The van der Waals surface area contributed by atoms with Crippen molar-refractivity contribution in [2.75, 3.05) is 43.6 Å². The Morgan fingerprint density at radius 1 is 1.00 bits per heavy atom. The molecule has 9 nitrogen and oxygen atoms in total. The fourth-order valence-electron chi connectivity index (χ4n) is 3.53. The van der Waals surface area contributed by atoms with E-state index in [4.69, 9.17) is 16.3 Å². The predicted molar refractivity (Wildman–Crippen MR) is 120 cm³/mol. The van der Waals surface area contributed by atoms with Gasteiger partial charge in [-0.15, -0.1) is 0 Å². The summed E-state index contributed by atoms with van der Waals surface area (Å²) in [4.78, 5) is 52.6. The monoisotopic (exact) mass is 469 g/mol. The van der Waals surface area contributed by atoms with Gasteiger partial charge in [-0.2, -0.15) is 0 Å². The van der Waals surface area contributed by atoms with E-state index >= 15 is 0 Å². The molecule has 3 amide bonds. The number of anilines is 2. The normalized spacial score (nSPS) is 16.3. The molecule has 0 radical (unpaired) electrons. The van der Waals surface area contributed by atoms with Crippen molar-refractivity contribution in [1.82, 2.24) is 4.90 Å². The number of nitrogens with zero attached hydrogens (tertiary/aromatic N) is 2. The van der Waals surface area contributed by atoms with E-state index in [1.165, 1.54) is 31.4 Å². The molecule has 1 saturated heterocycles. The van der Waals surface area contributed by atoms with Crippen LogP contribution in [0.15, 0.2) is 59.3 Å². The summed E-state index contributed by atoms with van der Waals surface area (Å²) in [5.41, 5.74) is 1.26. The second kappa shape index (κ2) is 9.43. The number of carbonyl (C=O) groups excluding carboxylic acids is 4. The molecule has 0 aromatic heterocycles. The van der Waals surface area contributed by atoms with Crippen LogP contribution in [0, 0.1) is 0 Å². The third kappa shape index (κ3) is 4.46. The number of carbonyl (C=O) groups is 4. The molecule has 2 aliphatic heterocycles. The number of nitrogens with one attached hydrogen (secondary N) is 1. The van der Waals surface area contributed by atoms with Gasteiger partial charge in [0.25, 0.3) is 17.7 Å². The molecule has 170 valence electrons. The third-order valence-corrected chi connectivity index (χ3v) is 5.60. The van der Waals surface area contributed by atoms with Crippen LogP contribution in [-0.4, -0.2) is 62.0 Å². The zero-order valence-corrected chi connectivity index (χ0v) is 18.4. The minimum atomic E-state index is -0.717. The van der Waals surface area contributed by atoms with Gasteiger partial charge in [0, 0.05) is 24.3 Å². The van der Waals surface area contributed by atoms with Gasteiger partial charge in [-0.1, -0.05) is 17.7 Å². The molecule has 0 saturated carbocycles. The van der Waals surface area contributed by atoms with Crippen molar-refractivity contribution >= 4 is 46.7 Å². The Kier molecular flexibility index (Phi) is 6.43. The Labute approximate surface area is 194 Å². The average molecular weight is 470 g/mol. The number of amides is 3. The van der Waals surface area contributed by atoms with E-state index in [1.54, 1.807) is 29.2 Å². The first kappa shape index (κ1) is 22.5. The van der Waals surface area contributed by atoms with E-state index in [2.05, 4.69) is 10.1 Å². The molecule has 10 heteroatoms. The van der Waals surface area contributed by atoms with E-state index in [9.17, 15) is 19.2 Å². The van der Waals surface area contributed by atoms with Crippen molar-refractivity contribution in [3.8, 4) is 0 Å². The Morgan fingerprint density at radius 3 is 2.36 bits per heavy atom. The van der Waals surface area contributed by atoms with Crippen LogP contribution in [-0.2, 0) is 19.1 Å². The van der Waals surface area contributed by atoms with Gasteiger partial charge < -0.3 is 19.7 Å². The quantitative estimate of drug-likeness (QED) is 0.529. The van der Waals surface area contributed by atoms with Gasteiger partial charge in [-0.05, 0) is 42.5 Å². The van der Waals surface area contributed by atoms with Crippen LogP contribution >= 0.6 is 11.6 Å². The van der Waals surface area contributed by atoms with Crippen LogP contribution < -0.4 is 10.2 Å². The number of hydrogen-bond acceptors (Lipinski definition) is 7. The maximum Gasteiger partial charge on any atom is 0.337 e. The van der Waals surface area contributed by atoms with Crippen molar-refractivity contribution in [2.24, 2.45) is 0 Å². The summed E-state index contributed by atoms with van der Waals surface area (Å²) in [5.74, 6) is -2.09. The molecule has 1 fully saturated rings. The van der Waals surface area contributed by atoms with Gasteiger partial charge in [0.15, 0.2) is 0 Å². The molecule has 2 aromatic carbocycles. The van der Waals surface area contributed by atoms with Crippen LogP contribution in [0.3, 0.4) is 0 Å². The molecule has 0 unspecified atom stereocenters. The SMILES string of the molecule is COC(=O)c1cccc(N2C(=O)C(Cl)=C(Nc3ccc(C(=O)N4CCOCC4)cc3)C2=O)c1. The van der Waals surface area contributed by atoms with Gasteiger partial charge in [0.1, 0.15) is 10.7 Å². The van der Waals surface area contributed by atoms with Gasteiger partial charge >= 0.3 is 5.97 Å². The van der Waals surface area contributed by atoms with Gasteiger partial charge in [-0.3, -0.25) is 14.4 Å². The highest BCUT2D eigenvalue weighted by molar-refractivity contribution is 6.53. The molecule has 2 heterocycles. The fraction of sp³-hybridized carbons (Fsp3) is 0.217. The second-order valence-corrected chi connectivity index (χ2v) is 7.66. The minimum Gasteiger partial charge on any atom is -0.465 e. The lowest BCUT2D eigenvalue weighted by molar-refractivity contribution is -0.120. The highest BCUT2D eigenvalue weighted by Gasteiger charge is 2.39. The lowest BCUT2D eigenvalue weighted by Gasteiger charge is -2.26. The molecule has 1 N–H and O–H groups in total. The first-order chi connectivity index (χ1) is 15.9. The zero-order valence-electron chi connectivity index (χ0n) is 17.7. The number of methoxy groups -OCH3 is 1. The molecular weight excluding hydrogens is 450 g/mol. The number of halogens is 1. The topological polar surface area (TPSA) is 105 Å². The van der Waals surface area contributed by atoms with Crippen molar-refractivity contribution in [3.05, 3.63) is 70.4 Å². The third-order valence-electron chi connectivity index (χ3n) is 5.25. The lowest BCUT2D eigenvalue weighted by Crippen LogP contribution is -2.40. The highest BCUT2D eigenvalue weighted by Crippen LogP contribution is 2.30. The Balaban J connectivity index is 1.51. The standard InChI is InChI=1S/C23H20ClN3O6/c1-32-23(31)15-3-2-4-17(13-15)27-21(29)18(24)19(22(27)30)25-16-7-5-14(6-8-16)20(28)26-9-11-33-12-10-26/h2-8,13,25H,9-12H2,1H3. The highest BCUT2D eigenvalue weighted by atomic mass is 35.5. The maximum atomic E-state index is 13.0. The maximum absolute atomic E-state index is 13.0. The molecular formula is C23H20ClN3O6. The summed E-state index contributed by atoms with van der Waals surface area (Å²) in [5, 5.41) is 2.58. The van der Waals surface area contributed by atoms with E-state index in [0.29, 0.717) is 37.6 Å². The van der Waals surface area contributed by atoms with Crippen LogP contribution in [0.5, 0.6) is 0 Å². The van der Waals surface area contributed by atoms with Crippen LogP contribution in [0.4, 0.5) is 11.4 Å². The smallest absolute Gasteiger partial charge is 0.337 e. The van der Waals surface area contributed by atoms with Crippen LogP contribution in [0.25, 0.3) is 0 Å². The zero-order chi connectivity index (χ0) is 23.5. The largest absolute Gasteiger partial charge is 0.465 e. The van der Waals surface area contributed by atoms with E-state index in [-0.39, 0.29) is 27.9 Å². The second-order valence-electron chi connectivity index (χ2n) is 7.28.